The van der Waals surface area contributed by atoms with Gasteiger partial charge in [0.2, 0.25) is 5.91 Å². The highest BCUT2D eigenvalue weighted by molar-refractivity contribution is 5.75. The molecule has 2 aliphatic rings. The fraction of sp³-hybridized carbons (Fsp3) is 0.929. The van der Waals surface area contributed by atoms with Crippen LogP contribution in [0.1, 0.15) is 39.0 Å². The molecule has 1 amide bonds. The van der Waals surface area contributed by atoms with Crippen molar-refractivity contribution in [1.82, 2.24) is 9.80 Å². The minimum absolute atomic E-state index is 0.340. The van der Waals surface area contributed by atoms with Crippen molar-refractivity contribution < 1.29 is 4.79 Å². The highest BCUT2D eigenvalue weighted by atomic mass is 16.2. The normalized spacial score (nSPS) is 25.2. The smallest absolute Gasteiger partial charge is 0.222 e. The van der Waals surface area contributed by atoms with Crippen molar-refractivity contribution in [2.24, 2.45) is 11.8 Å². The molecule has 0 spiro atoms. The minimum Gasteiger partial charge on any atom is -0.343 e. The van der Waals surface area contributed by atoms with E-state index in [4.69, 9.17) is 0 Å². The van der Waals surface area contributed by atoms with Crippen LogP contribution in [-0.4, -0.2) is 48.9 Å². The second-order valence-electron chi connectivity index (χ2n) is 5.71. The van der Waals surface area contributed by atoms with Gasteiger partial charge in [-0.25, -0.2) is 0 Å². The fourth-order valence-electron chi connectivity index (χ4n) is 3.34. The summed E-state index contributed by atoms with van der Waals surface area (Å²) in [7, 11) is 2.22. The summed E-state index contributed by atoms with van der Waals surface area (Å²) in [5.41, 5.74) is 0. The Hall–Kier alpha value is -0.570. The summed E-state index contributed by atoms with van der Waals surface area (Å²) in [6.07, 6.45) is 5.87. The van der Waals surface area contributed by atoms with Crippen LogP contribution in [0.2, 0.25) is 0 Å². The standard InChI is InChI=1S/C14H26N2O/c1-3-14(17)16-10-6-13(7-11-16)12-4-8-15(2)9-5-12/h12-13H,3-11H2,1-2H3. The molecule has 3 heteroatoms. The number of nitrogens with zero attached hydrogens (tertiary/aromatic N) is 2. The van der Waals surface area contributed by atoms with E-state index < -0.39 is 0 Å². The maximum Gasteiger partial charge on any atom is 0.222 e. The number of rotatable bonds is 2. The van der Waals surface area contributed by atoms with E-state index in [-0.39, 0.29) is 0 Å². The van der Waals surface area contributed by atoms with Crippen LogP contribution >= 0.6 is 0 Å². The molecular weight excluding hydrogens is 212 g/mol. The molecule has 0 atom stereocenters. The Morgan fingerprint density at radius 2 is 1.47 bits per heavy atom. The number of carbonyl (C=O) groups is 1. The molecule has 0 aliphatic carbocycles. The molecule has 0 aromatic rings. The van der Waals surface area contributed by atoms with Crippen molar-refractivity contribution in [3.05, 3.63) is 0 Å². The third-order valence-corrected chi connectivity index (χ3v) is 4.62. The van der Waals surface area contributed by atoms with Gasteiger partial charge in [0.25, 0.3) is 0 Å². The summed E-state index contributed by atoms with van der Waals surface area (Å²) in [5.74, 6) is 2.14. The molecule has 0 saturated carbocycles. The summed E-state index contributed by atoms with van der Waals surface area (Å²) in [4.78, 5) is 16.1. The molecule has 0 aromatic carbocycles. The van der Waals surface area contributed by atoms with Crippen LogP contribution in [0, 0.1) is 11.8 Å². The molecule has 98 valence electrons. The van der Waals surface area contributed by atoms with Gasteiger partial charge in [0.1, 0.15) is 0 Å². The van der Waals surface area contributed by atoms with Gasteiger partial charge in [-0.05, 0) is 57.7 Å². The molecule has 2 saturated heterocycles. The zero-order valence-electron chi connectivity index (χ0n) is 11.3. The Morgan fingerprint density at radius 3 is 1.94 bits per heavy atom. The molecule has 3 nitrogen and oxygen atoms in total. The quantitative estimate of drug-likeness (QED) is 0.734. The zero-order valence-corrected chi connectivity index (χ0v) is 11.3. The molecule has 0 aromatic heterocycles. The van der Waals surface area contributed by atoms with Crippen LogP contribution in [-0.2, 0) is 4.79 Å². The molecule has 2 rings (SSSR count). The predicted octanol–water partition coefficient (Wildman–Crippen LogP) is 1.98. The van der Waals surface area contributed by atoms with Gasteiger partial charge < -0.3 is 9.80 Å². The number of piperidine rings is 2. The first-order chi connectivity index (χ1) is 8.20. The zero-order chi connectivity index (χ0) is 12.3. The Bertz CT molecular complexity index is 251. The topological polar surface area (TPSA) is 23.6 Å². The molecule has 0 bridgehead atoms. The van der Waals surface area contributed by atoms with Crippen molar-refractivity contribution >= 4 is 5.91 Å². The lowest BCUT2D eigenvalue weighted by Gasteiger charge is -2.39. The number of carbonyl (C=O) groups excluding carboxylic acids is 1. The highest BCUT2D eigenvalue weighted by Gasteiger charge is 2.29. The first kappa shape index (κ1) is 12.9. The van der Waals surface area contributed by atoms with Crippen LogP contribution in [0.4, 0.5) is 0 Å². The van der Waals surface area contributed by atoms with Crippen LogP contribution in [0.5, 0.6) is 0 Å². The number of amides is 1. The van der Waals surface area contributed by atoms with Gasteiger partial charge in [-0.1, -0.05) is 6.92 Å². The molecule has 0 radical (unpaired) electrons. The number of likely N-dealkylation sites (tertiary alicyclic amines) is 2. The van der Waals surface area contributed by atoms with Crippen LogP contribution in [0.25, 0.3) is 0 Å². The molecule has 2 aliphatic heterocycles. The Morgan fingerprint density at radius 1 is 1.00 bits per heavy atom. The maximum atomic E-state index is 11.6. The maximum absolute atomic E-state index is 11.6. The molecule has 0 unspecified atom stereocenters. The lowest BCUT2D eigenvalue weighted by atomic mass is 9.79. The molecule has 2 fully saturated rings. The average molecular weight is 238 g/mol. The number of hydrogen-bond donors (Lipinski definition) is 0. The highest BCUT2D eigenvalue weighted by Crippen LogP contribution is 2.32. The first-order valence-electron chi connectivity index (χ1n) is 7.17. The van der Waals surface area contributed by atoms with Gasteiger partial charge in [0.05, 0.1) is 0 Å². The predicted molar refractivity (Wildman–Crippen MR) is 69.8 cm³/mol. The Labute approximate surface area is 105 Å². The second kappa shape index (κ2) is 5.85. The largest absolute Gasteiger partial charge is 0.343 e. The van der Waals surface area contributed by atoms with E-state index in [0.717, 1.165) is 24.9 Å². The van der Waals surface area contributed by atoms with E-state index in [1.165, 1.54) is 38.8 Å². The summed E-state index contributed by atoms with van der Waals surface area (Å²) in [5, 5.41) is 0. The van der Waals surface area contributed by atoms with Crippen molar-refractivity contribution in [2.75, 3.05) is 33.2 Å². The van der Waals surface area contributed by atoms with Gasteiger partial charge in [-0.15, -0.1) is 0 Å². The van der Waals surface area contributed by atoms with Crippen molar-refractivity contribution in [2.45, 2.75) is 39.0 Å². The fourth-order valence-corrected chi connectivity index (χ4v) is 3.34. The molecule has 17 heavy (non-hydrogen) atoms. The number of hydrogen-bond acceptors (Lipinski definition) is 2. The van der Waals surface area contributed by atoms with E-state index in [2.05, 4.69) is 16.8 Å². The summed E-state index contributed by atoms with van der Waals surface area (Å²) in [6.45, 7) is 6.50. The van der Waals surface area contributed by atoms with E-state index in [1.807, 2.05) is 6.92 Å². The second-order valence-corrected chi connectivity index (χ2v) is 5.71. The third-order valence-electron chi connectivity index (χ3n) is 4.62. The van der Waals surface area contributed by atoms with E-state index in [1.54, 1.807) is 0 Å². The third kappa shape index (κ3) is 3.21. The lowest BCUT2D eigenvalue weighted by molar-refractivity contribution is -0.132. The SMILES string of the molecule is CCC(=O)N1CCC(C2CCN(C)CC2)CC1. The van der Waals surface area contributed by atoms with Crippen LogP contribution in [0.15, 0.2) is 0 Å². The molecular formula is C14H26N2O. The van der Waals surface area contributed by atoms with Crippen LogP contribution in [0.3, 0.4) is 0 Å². The summed E-state index contributed by atoms with van der Waals surface area (Å²) in [6, 6.07) is 0. The van der Waals surface area contributed by atoms with Crippen molar-refractivity contribution in [3.63, 3.8) is 0 Å². The summed E-state index contributed by atoms with van der Waals surface area (Å²) >= 11 is 0. The van der Waals surface area contributed by atoms with E-state index >= 15 is 0 Å². The Balaban J connectivity index is 1.77. The van der Waals surface area contributed by atoms with E-state index in [0.29, 0.717) is 12.3 Å². The van der Waals surface area contributed by atoms with Gasteiger partial charge >= 0.3 is 0 Å². The minimum atomic E-state index is 0.340. The lowest BCUT2D eigenvalue weighted by Crippen LogP contribution is -2.42. The van der Waals surface area contributed by atoms with Crippen molar-refractivity contribution in [1.29, 1.82) is 0 Å². The monoisotopic (exact) mass is 238 g/mol. The van der Waals surface area contributed by atoms with Gasteiger partial charge in [0, 0.05) is 19.5 Å². The van der Waals surface area contributed by atoms with Gasteiger partial charge in [-0.3, -0.25) is 4.79 Å². The van der Waals surface area contributed by atoms with Crippen molar-refractivity contribution in [3.8, 4) is 0 Å². The average Bonchev–Trinajstić information content (AvgIpc) is 2.39. The Kier molecular flexibility index (Phi) is 4.43. The molecule has 0 N–H and O–H groups in total. The summed E-state index contributed by atoms with van der Waals surface area (Å²) < 4.78 is 0. The van der Waals surface area contributed by atoms with E-state index in [9.17, 15) is 4.79 Å². The van der Waals surface area contributed by atoms with Gasteiger partial charge in [0.15, 0.2) is 0 Å². The van der Waals surface area contributed by atoms with Gasteiger partial charge in [-0.2, -0.15) is 0 Å². The first-order valence-corrected chi connectivity index (χ1v) is 7.17. The van der Waals surface area contributed by atoms with Crippen LogP contribution < -0.4 is 0 Å². The molecule has 2 heterocycles.